The second-order valence-electron chi connectivity index (χ2n) is 7.96. The van der Waals surface area contributed by atoms with Gasteiger partial charge in [-0.3, -0.25) is 4.99 Å². The van der Waals surface area contributed by atoms with E-state index < -0.39 is 11.6 Å². The highest BCUT2D eigenvalue weighted by molar-refractivity contribution is 14.0. The summed E-state index contributed by atoms with van der Waals surface area (Å²) in [7, 11) is 0. The molecule has 2 fully saturated rings. The molecule has 2 aliphatic rings. The molecular formula is C21H32F2IN3O. The standard InChI is InChI=1S/C21H31F2N3O.HI/c1-2-24-20(25-14-21(11-12-27)9-4-3-5-10-21)26-18-13-15(18)19-16(22)7-6-8-17(19)23;/h6-8,15,18,27H,2-5,9-14H2,1H3,(H2,24,25,26);1H. The smallest absolute Gasteiger partial charge is 0.191 e. The SMILES string of the molecule is CCNC(=NCC1(CCO)CCCCC1)NC1CC1c1c(F)cccc1F.I. The van der Waals surface area contributed by atoms with Crippen LogP contribution in [0.3, 0.4) is 0 Å². The third-order valence-electron chi connectivity index (χ3n) is 5.96. The van der Waals surface area contributed by atoms with Crippen LogP contribution in [0, 0.1) is 17.0 Å². The lowest BCUT2D eigenvalue weighted by Crippen LogP contribution is -2.40. The number of hydrogen-bond acceptors (Lipinski definition) is 2. The maximum atomic E-state index is 14.0. The minimum absolute atomic E-state index is 0. The summed E-state index contributed by atoms with van der Waals surface area (Å²) in [6.45, 7) is 3.59. The molecule has 3 rings (SSSR count). The van der Waals surface area contributed by atoms with Crippen molar-refractivity contribution in [1.82, 2.24) is 10.6 Å². The molecule has 2 aliphatic carbocycles. The Kier molecular flexibility index (Phi) is 8.92. The predicted octanol–water partition coefficient (Wildman–Crippen LogP) is 4.33. The number of rotatable bonds is 7. The van der Waals surface area contributed by atoms with Gasteiger partial charge in [0.15, 0.2) is 5.96 Å². The summed E-state index contributed by atoms with van der Waals surface area (Å²) in [5.74, 6) is -0.411. The minimum atomic E-state index is -0.477. The first-order valence-corrected chi connectivity index (χ1v) is 10.2. The van der Waals surface area contributed by atoms with Gasteiger partial charge in [-0.2, -0.15) is 0 Å². The van der Waals surface area contributed by atoms with E-state index in [1.54, 1.807) is 0 Å². The van der Waals surface area contributed by atoms with Crippen LogP contribution in [0.15, 0.2) is 23.2 Å². The average molecular weight is 507 g/mol. The molecule has 158 valence electrons. The highest BCUT2D eigenvalue weighted by atomic mass is 127. The molecule has 4 nitrogen and oxygen atoms in total. The van der Waals surface area contributed by atoms with E-state index in [0.29, 0.717) is 18.9 Å². The van der Waals surface area contributed by atoms with Crippen LogP contribution in [0.2, 0.25) is 0 Å². The van der Waals surface area contributed by atoms with Gasteiger partial charge >= 0.3 is 0 Å². The molecule has 3 N–H and O–H groups in total. The molecule has 0 saturated heterocycles. The number of nitrogens with one attached hydrogen (secondary N) is 2. The fourth-order valence-corrected chi connectivity index (χ4v) is 4.31. The lowest BCUT2D eigenvalue weighted by Gasteiger charge is -2.35. The molecule has 0 amide bonds. The molecule has 2 atom stereocenters. The van der Waals surface area contributed by atoms with E-state index >= 15 is 0 Å². The molecule has 2 saturated carbocycles. The molecule has 0 aliphatic heterocycles. The van der Waals surface area contributed by atoms with Crippen LogP contribution in [0.4, 0.5) is 8.78 Å². The van der Waals surface area contributed by atoms with Crippen molar-refractivity contribution in [1.29, 1.82) is 0 Å². The molecule has 28 heavy (non-hydrogen) atoms. The van der Waals surface area contributed by atoms with Gasteiger partial charge in [0.25, 0.3) is 0 Å². The van der Waals surface area contributed by atoms with Crippen molar-refractivity contribution in [3.63, 3.8) is 0 Å². The number of aliphatic imine (C=N–C) groups is 1. The van der Waals surface area contributed by atoms with E-state index in [0.717, 1.165) is 25.8 Å². The van der Waals surface area contributed by atoms with E-state index in [9.17, 15) is 13.9 Å². The van der Waals surface area contributed by atoms with Crippen molar-refractivity contribution in [3.05, 3.63) is 35.4 Å². The second kappa shape index (κ2) is 10.7. The average Bonchev–Trinajstić information content (AvgIpc) is 3.39. The van der Waals surface area contributed by atoms with E-state index in [2.05, 4.69) is 10.6 Å². The lowest BCUT2D eigenvalue weighted by atomic mass is 9.72. The van der Waals surface area contributed by atoms with Crippen LogP contribution in [0.1, 0.15) is 63.4 Å². The fourth-order valence-electron chi connectivity index (χ4n) is 4.31. The van der Waals surface area contributed by atoms with E-state index in [1.807, 2.05) is 6.92 Å². The summed E-state index contributed by atoms with van der Waals surface area (Å²) in [5.41, 5.74) is 0.255. The highest BCUT2D eigenvalue weighted by Gasteiger charge is 2.42. The van der Waals surface area contributed by atoms with Crippen LogP contribution in [-0.4, -0.2) is 36.8 Å². The van der Waals surface area contributed by atoms with Crippen LogP contribution in [-0.2, 0) is 0 Å². The Labute approximate surface area is 183 Å². The van der Waals surface area contributed by atoms with Gasteiger partial charge < -0.3 is 15.7 Å². The zero-order valence-corrected chi connectivity index (χ0v) is 18.8. The molecule has 2 unspecified atom stereocenters. The van der Waals surface area contributed by atoms with Gasteiger partial charge in [-0.1, -0.05) is 25.3 Å². The Morgan fingerprint density at radius 3 is 2.50 bits per heavy atom. The molecule has 0 bridgehead atoms. The number of aliphatic hydroxyl groups excluding tert-OH is 1. The van der Waals surface area contributed by atoms with E-state index in [1.165, 1.54) is 37.5 Å². The van der Waals surface area contributed by atoms with Crippen molar-refractivity contribution >= 4 is 29.9 Å². The van der Waals surface area contributed by atoms with E-state index in [4.69, 9.17) is 4.99 Å². The van der Waals surface area contributed by atoms with Crippen molar-refractivity contribution in [2.75, 3.05) is 19.7 Å². The largest absolute Gasteiger partial charge is 0.396 e. The van der Waals surface area contributed by atoms with Crippen molar-refractivity contribution < 1.29 is 13.9 Å². The molecule has 0 spiro atoms. The molecule has 1 aromatic rings. The number of guanidine groups is 1. The van der Waals surface area contributed by atoms with Crippen molar-refractivity contribution in [2.45, 2.75) is 63.8 Å². The monoisotopic (exact) mass is 507 g/mol. The first-order chi connectivity index (χ1) is 13.1. The maximum absolute atomic E-state index is 14.0. The number of benzene rings is 1. The zero-order valence-electron chi connectivity index (χ0n) is 16.5. The fraction of sp³-hybridized carbons (Fsp3) is 0.667. The van der Waals surface area contributed by atoms with Crippen LogP contribution in [0.25, 0.3) is 0 Å². The Morgan fingerprint density at radius 1 is 1.21 bits per heavy atom. The lowest BCUT2D eigenvalue weighted by molar-refractivity contribution is 0.137. The second-order valence-corrected chi connectivity index (χ2v) is 7.96. The molecule has 1 aromatic carbocycles. The Hall–Kier alpha value is -0.960. The highest BCUT2D eigenvalue weighted by Crippen LogP contribution is 2.43. The summed E-state index contributed by atoms with van der Waals surface area (Å²) in [5, 5.41) is 16.0. The summed E-state index contributed by atoms with van der Waals surface area (Å²) in [6.07, 6.45) is 7.32. The zero-order chi connectivity index (χ0) is 19.3. The summed E-state index contributed by atoms with van der Waals surface area (Å²) in [6, 6.07) is 4.02. The normalized spacial score (nSPS) is 23.6. The van der Waals surface area contributed by atoms with Crippen molar-refractivity contribution in [2.24, 2.45) is 10.4 Å². The number of halogens is 3. The predicted molar refractivity (Wildman–Crippen MR) is 119 cm³/mol. The van der Waals surface area contributed by atoms with Gasteiger partial charge in [0.1, 0.15) is 11.6 Å². The Bertz CT molecular complexity index is 639. The first kappa shape index (κ1) is 23.3. The first-order valence-electron chi connectivity index (χ1n) is 10.2. The maximum Gasteiger partial charge on any atom is 0.191 e. The number of aliphatic hydroxyl groups is 1. The van der Waals surface area contributed by atoms with Crippen molar-refractivity contribution in [3.8, 4) is 0 Å². The quantitative estimate of drug-likeness (QED) is 0.293. The van der Waals surface area contributed by atoms with Crippen LogP contribution in [0.5, 0.6) is 0 Å². The number of hydrogen-bond donors (Lipinski definition) is 3. The molecule has 0 heterocycles. The Morgan fingerprint density at radius 2 is 1.89 bits per heavy atom. The Balaban J connectivity index is 0.00000280. The van der Waals surface area contributed by atoms with Gasteiger partial charge in [0.2, 0.25) is 0 Å². The third kappa shape index (κ3) is 5.78. The summed E-state index contributed by atoms with van der Waals surface area (Å²) >= 11 is 0. The third-order valence-corrected chi connectivity index (χ3v) is 5.96. The summed E-state index contributed by atoms with van der Waals surface area (Å²) < 4.78 is 28.0. The topological polar surface area (TPSA) is 56.7 Å². The van der Waals surface area contributed by atoms with E-state index in [-0.39, 0.29) is 53.5 Å². The van der Waals surface area contributed by atoms with Gasteiger partial charge in [-0.15, -0.1) is 24.0 Å². The van der Waals surface area contributed by atoms with Crippen LogP contribution >= 0.6 is 24.0 Å². The molecule has 7 heteroatoms. The van der Waals surface area contributed by atoms with Gasteiger partial charge in [0.05, 0.1) is 0 Å². The molecular weight excluding hydrogens is 475 g/mol. The van der Waals surface area contributed by atoms with Crippen LogP contribution < -0.4 is 10.6 Å². The minimum Gasteiger partial charge on any atom is -0.396 e. The molecule has 0 aromatic heterocycles. The van der Waals surface area contributed by atoms with Gasteiger partial charge in [-0.25, -0.2) is 8.78 Å². The summed E-state index contributed by atoms with van der Waals surface area (Å²) in [4.78, 5) is 4.78. The van der Waals surface area contributed by atoms with Gasteiger partial charge in [-0.05, 0) is 50.2 Å². The molecule has 0 radical (unpaired) electrons. The van der Waals surface area contributed by atoms with Gasteiger partial charge in [0, 0.05) is 37.2 Å². The number of nitrogens with zero attached hydrogens (tertiary/aromatic N) is 1.